The van der Waals surface area contributed by atoms with Crippen molar-refractivity contribution in [3.63, 3.8) is 0 Å². The molecule has 0 aliphatic carbocycles. The SMILES string of the molecule is COc1ccc(CCC(=O)NCC2CCN(C(C)=O)CC2)cc1. The maximum Gasteiger partial charge on any atom is 0.220 e. The Morgan fingerprint density at radius 2 is 1.87 bits per heavy atom. The number of hydrogen-bond donors (Lipinski definition) is 1. The Hall–Kier alpha value is -2.04. The van der Waals surface area contributed by atoms with Crippen LogP contribution in [-0.2, 0) is 16.0 Å². The molecule has 1 aliphatic rings. The standard InChI is InChI=1S/C18H26N2O3/c1-14(21)20-11-9-16(10-12-20)13-19-18(22)8-5-15-3-6-17(23-2)7-4-15/h3-4,6-7,16H,5,8-13H2,1-2H3,(H,19,22). The van der Waals surface area contributed by atoms with Gasteiger partial charge in [-0.1, -0.05) is 12.1 Å². The van der Waals surface area contributed by atoms with Crippen LogP contribution in [0.2, 0.25) is 0 Å². The normalized spacial score (nSPS) is 15.3. The molecule has 0 bridgehead atoms. The van der Waals surface area contributed by atoms with Crippen LogP contribution >= 0.6 is 0 Å². The van der Waals surface area contributed by atoms with Crippen molar-refractivity contribution in [1.82, 2.24) is 10.2 Å². The molecule has 0 aromatic heterocycles. The van der Waals surface area contributed by atoms with E-state index in [2.05, 4.69) is 5.32 Å². The van der Waals surface area contributed by atoms with Crippen LogP contribution in [0, 0.1) is 5.92 Å². The van der Waals surface area contributed by atoms with Crippen molar-refractivity contribution in [2.24, 2.45) is 5.92 Å². The molecule has 5 heteroatoms. The first-order valence-electron chi connectivity index (χ1n) is 8.23. The van der Waals surface area contributed by atoms with Gasteiger partial charge in [-0.25, -0.2) is 0 Å². The Morgan fingerprint density at radius 1 is 1.22 bits per heavy atom. The Balaban J connectivity index is 1.64. The van der Waals surface area contributed by atoms with Crippen molar-refractivity contribution in [2.45, 2.75) is 32.6 Å². The number of amides is 2. The minimum absolute atomic E-state index is 0.0924. The third-order valence-corrected chi connectivity index (χ3v) is 4.45. The summed E-state index contributed by atoms with van der Waals surface area (Å²) in [4.78, 5) is 25.1. The van der Waals surface area contributed by atoms with Crippen LogP contribution in [-0.4, -0.2) is 43.5 Å². The fourth-order valence-corrected chi connectivity index (χ4v) is 2.85. The average molecular weight is 318 g/mol. The number of aryl methyl sites for hydroxylation is 1. The molecular formula is C18H26N2O3. The molecule has 1 aromatic carbocycles. The van der Waals surface area contributed by atoms with Gasteiger partial charge >= 0.3 is 0 Å². The van der Waals surface area contributed by atoms with E-state index >= 15 is 0 Å². The van der Waals surface area contributed by atoms with Crippen molar-refractivity contribution < 1.29 is 14.3 Å². The minimum atomic E-state index is 0.0924. The summed E-state index contributed by atoms with van der Waals surface area (Å²) in [5.41, 5.74) is 1.13. The van der Waals surface area contributed by atoms with Gasteiger partial charge in [0, 0.05) is 33.0 Å². The average Bonchev–Trinajstić information content (AvgIpc) is 2.59. The van der Waals surface area contributed by atoms with E-state index in [1.165, 1.54) is 0 Å². The number of nitrogens with one attached hydrogen (secondary N) is 1. The number of carbonyl (C=O) groups is 2. The highest BCUT2D eigenvalue weighted by molar-refractivity contribution is 5.76. The number of methoxy groups -OCH3 is 1. The maximum absolute atomic E-state index is 12.0. The van der Waals surface area contributed by atoms with E-state index in [9.17, 15) is 9.59 Å². The zero-order chi connectivity index (χ0) is 16.7. The van der Waals surface area contributed by atoms with Crippen molar-refractivity contribution in [2.75, 3.05) is 26.7 Å². The molecule has 23 heavy (non-hydrogen) atoms. The van der Waals surface area contributed by atoms with Crippen LogP contribution < -0.4 is 10.1 Å². The number of likely N-dealkylation sites (tertiary alicyclic amines) is 1. The molecular weight excluding hydrogens is 292 g/mol. The molecule has 1 aliphatic heterocycles. The summed E-state index contributed by atoms with van der Waals surface area (Å²) in [5.74, 6) is 1.55. The van der Waals surface area contributed by atoms with E-state index in [0.717, 1.165) is 43.7 Å². The quantitative estimate of drug-likeness (QED) is 0.873. The van der Waals surface area contributed by atoms with E-state index < -0.39 is 0 Å². The maximum atomic E-state index is 12.0. The monoisotopic (exact) mass is 318 g/mol. The zero-order valence-corrected chi connectivity index (χ0v) is 14.0. The van der Waals surface area contributed by atoms with E-state index in [1.807, 2.05) is 29.2 Å². The Labute approximate surface area is 138 Å². The molecule has 1 heterocycles. The van der Waals surface area contributed by atoms with Gasteiger partial charge in [0.2, 0.25) is 11.8 Å². The highest BCUT2D eigenvalue weighted by Gasteiger charge is 2.20. The highest BCUT2D eigenvalue weighted by Crippen LogP contribution is 2.16. The van der Waals surface area contributed by atoms with E-state index in [1.54, 1.807) is 14.0 Å². The Bertz CT molecular complexity index is 520. The molecule has 1 N–H and O–H groups in total. The largest absolute Gasteiger partial charge is 0.497 e. The molecule has 0 radical (unpaired) electrons. The second-order valence-corrected chi connectivity index (χ2v) is 6.10. The number of benzene rings is 1. The first-order valence-corrected chi connectivity index (χ1v) is 8.23. The van der Waals surface area contributed by atoms with Gasteiger partial charge in [0.05, 0.1) is 7.11 Å². The Morgan fingerprint density at radius 3 is 2.43 bits per heavy atom. The third-order valence-electron chi connectivity index (χ3n) is 4.45. The zero-order valence-electron chi connectivity index (χ0n) is 14.0. The molecule has 5 nitrogen and oxygen atoms in total. The summed E-state index contributed by atoms with van der Waals surface area (Å²) < 4.78 is 5.12. The van der Waals surface area contributed by atoms with Gasteiger partial charge in [0.15, 0.2) is 0 Å². The van der Waals surface area contributed by atoms with Gasteiger partial charge in [0.1, 0.15) is 5.75 Å². The molecule has 1 aromatic rings. The topological polar surface area (TPSA) is 58.6 Å². The summed E-state index contributed by atoms with van der Waals surface area (Å²) in [6.45, 7) is 3.94. The lowest BCUT2D eigenvalue weighted by molar-refractivity contribution is -0.130. The van der Waals surface area contributed by atoms with E-state index in [-0.39, 0.29) is 11.8 Å². The molecule has 0 spiro atoms. The lowest BCUT2D eigenvalue weighted by Gasteiger charge is -2.31. The fraction of sp³-hybridized carbons (Fsp3) is 0.556. The van der Waals surface area contributed by atoms with Crippen LogP contribution in [0.4, 0.5) is 0 Å². The highest BCUT2D eigenvalue weighted by atomic mass is 16.5. The van der Waals surface area contributed by atoms with Gasteiger partial charge in [-0.05, 0) is 42.9 Å². The van der Waals surface area contributed by atoms with E-state index in [0.29, 0.717) is 18.9 Å². The van der Waals surface area contributed by atoms with Gasteiger partial charge in [-0.3, -0.25) is 9.59 Å². The number of carbonyl (C=O) groups excluding carboxylic acids is 2. The van der Waals surface area contributed by atoms with Gasteiger partial charge < -0.3 is 15.0 Å². The smallest absolute Gasteiger partial charge is 0.220 e. The van der Waals surface area contributed by atoms with Gasteiger partial charge in [0.25, 0.3) is 0 Å². The minimum Gasteiger partial charge on any atom is -0.497 e. The van der Waals surface area contributed by atoms with Crippen molar-refractivity contribution >= 4 is 11.8 Å². The predicted octanol–water partition coefficient (Wildman–Crippen LogP) is 2.00. The summed E-state index contributed by atoms with van der Waals surface area (Å²) in [7, 11) is 1.64. The number of ether oxygens (including phenoxy) is 1. The number of piperidine rings is 1. The summed E-state index contributed by atoms with van der Waals surface area (Å²) in [5, 5.41) is 3.02. The molecule has 2 rings (SSSR count). The third kappa shape index (κ3) is 5.58. The van der Waals surface area contributed by atoms with E-state index in [4.69, 9.17) is 4.74 Å². The molecule has 0 unspecified atom stereocenters. The lowest BCUT2D eigenvalue weighted by atomic mass is 9.96. The molecule has 1 fully saturated rings. The number of hydrogen-bond acceptors (Lipinski definition) is 3. The number of nitrogens with zero attached hydrogens (tertiary/aromatic N) is 1. The van der Waals surface area contributed by atoms with Crippen LogP contribution in [0.3, 0.4) is 0 Å². The Kier molecular flexibility index (Phi) is 6.44. The second kappa shape index (κ2) is 8.56. The molecule has 0 atom stereocenters. The number of rotatable bonds is 6. The predicted molar refractivity (Wildman–Crippen MR) is 89.3 cm³/mol. The van der Waals surface area contributed by atoms with Crippen molar-refractivity contribution in [3.8, 4) is 5.75 Å². The summed E-state index contributed by atoms with van der Waals surface area (Å²) >= 11 is 0. The summed E-state index contributed by atoms with van der Waals surface area (Å²) in [6, 6.07) is 7.80. The molecule has 0 saturated carbocycles. The van der Waals surface area contributed by atoms with Gasteiger partial charge in [-0.2, -0.15) is 0 Å². The van der Waals surface area contributed by atoms with Gasteiger partial charge in [-0.15, -0.1) is 0 Å². The fourth-order valence-electron chi connectivity index (χ4n) is 2.85. The lowest BCUT2D eigenvalue weighted by Crippen LogP contribution is -2.40. The van der Waals surface area contributed by atoms with Crippen LogP contribution in [0.25, 0.3) is 0 Å². The van der Waals surface area contributed by atoms with Crippen molar-refractivity contribution in [1.29, 1.82) is 0 Å². The first kappa shape index (κ1) is 17.3. The summed E-state index contributed by atoms with van der Waals surface area (Å²) in [6.07, 6.45) is 3.17. The first-order chi connectivity index (χ1) is 11.1. The van der Waals surface area contributed by atoms with Crippen molar-refractivity contribution in [3.05, 3.63) is 29.8 Å². The molecule has 1 saturated heterocycles. The molecule has 126 valence electrons. The van der Waals surface area contributed by atoms with Crippen LogP contribution in [0.5, 0.6) is 5.75 Å². The van der Waals surface area contributed by atoms with Crippen LogP contribution in [0.15, 0.2) is 24.3 Å². The molecule has 2 amide bonds. The van der Waals surface area contributed by atoms with Crippen LogP contribution in [0.1, 0.15) is 31.7 Å². The second-order valence-electron chi connectivity index (χ2n) is 6.10.